The zero-order chi connectivity index (χ0) is 17.7. The molecule has 0 spiro atoms. The standard InChI is InChI=1S/C17H21N3O3S/c1-13(10-11-18)20(2)24(21,22)19-12-16-15-7-5-4-6-14(15)8-9-17(16)23-3/h4-9,13,19H,10,12H2,1-3H3/t13-/m1/s1. The maximum absolute atomic E-state index is 12.4. The van der Waals surface area contributed by atoms with Crippen molar-refractivity contribution in [3.8, 4) is 11.8 Å². The Morgan fingerprint density at radius 2 is 2.00 bits per heavy atom. The van der Waals surface area contributed by atoms with E-state index in [0.717, 1.165) is 16.3 Å². The van der Waals surface area contributed by atoms with Crippen LogP contribution in [0.4, 0.5) is 0 Å². The van der Waals surface area contributed by atoms with Gasteiger partial charge < -0.3 is 4.74 Å². The molecule has 1 atom stereocenters. The number of ether oxygens (including phenoxy) is 1. The van der Waals surface area contributed by atoms with E-state index in [9.17, 15) is 8.42 Å². The molecule has 0 aliphatic carbocycles. The minimum absolute atomic E-state index is 0.108. The van der Waals surface area contributed by atoms with Crippen molar-refractivity contribution < 1.29 is 13.2 Å². The molecule has 128 valence electrons. The fourth-order valence-electron chi connectivity index (χ4n) is 2.45. The average molecular weight is 347 g/mol. The largest absolute Gasteiger partial charge is 0.496 e. The molecule has 7 heteroatoms. The van der Waals surface area contributed by atoms with Crippen LogP contribution in [0.1, 0.15) is 18.9 Å². The molecule has 2 rings (SSSR count). The van der Waals surface area contributed by atoms with Gasteiger partial charge in [-0.3, -0.25) is 0 Å². The van der Waals surface area contributed by atoms with Crippen molar-refractivity contribution in [2.75, 3.05) is 14.2 Å². The number of nitrogens with zero attached hydrogens (tertiary/aromatic N) is 2. The summed E-state index contributed by atoms with van der Waals surface area (Å²) >= 11 is 0. The third-order valence-electron chi connectivity index (χ3n) is 4.04. The molecule has 0 aliphatic rings. The van der Waals surface area contributed by atoms with Gasteiger partial charge in [-0.1, -0.05) is 30.3 Å². The van der Waals surface area contributed by atoms with Crippen LogP contribution in [0.3, 0.4) is 0 Å². The van der Waals surface area contributed by atoms with Gasteiger partial charge in [-0.2, -0.15) is 22.7 Å². The van der Waals surface area contributed by atoms with Crippen molar-refractivity contribution in [1.29, 1.82) is 5.26 Å². The fourth-order valence-corrected chi connectivity index (χ4v) is 3.53. The summed E-state index contributed by atoms with van der Waals surface area (Å²) in [6, 6.07) is 13.1. The van der Waals surface area contributed by atoms with E-state index in [1.807, 2.05) is 42.5 Å². The van der Waals surface area contributed by atoms with Gasteiger partial charge in [-0.25, -0.2) is 0 Å². The Labute approximate surface area is 142 Å². The molecule has 0 aromatic heterocycles. The van der Waals surface area contributed by atoms with E-state index in [4.69, 9.17) is 10.00 Å². The predicted molar refractivity (Wildman–Crippen MR) is 93.7 cm³/mol. The second-order valence-electron chi connectivity index (χ2n) is 5.52. The summed E-state index contributed by atoms with van der Waals surface area (Å²) in [5, 5.41) is 10.7. The van der Waals surface area contributed by atoms with Crippen LogP contribution >= 0.6 is 0 Å². The smallest absolute Gasteiger partial charge is 0.279 e. The summed E-state index contributed by atoms with van der Waals surface area (Å²) in [5.74, 6) is 0.629. The molecular formula is C17H21N3O3S. The Hall–Kier alpha value is -2.14. The van der Waals surface area contributed by atoms with Crippen molar-refractivity contribution >= 4 is 21.0 Å². The van der Waals surface area contributed by atoms with Crippen molar-refractivity contribution in [1.82, 2.24) is 9.03 Å². The molecule has 2 aromatic rings. The van der Waals surface area contributed by atoms with Crippen molar-refractivity contribution in [2.45, 2.75) is 25.9 Å². The number of hydrogen-bond donors (Lipinski definition) is 1. The van der Waals surface area contributed by atoms with Gasteiger partial charge in [0.25, 0.3) is 10.2 Å². The highest BCUT2D eigenvalue weighted by atomic mass is 32.2. The topological polar surface area (TPSA) is 82.4 Å². The van der Waals surface area contributed by atoms with Crippen LogP contribution < -0.4 is 9.46 Å². The summed E-state index contributed by atoms with van der Waals surface area (Å²) in [7, 11) is -0.675. The first-order chi connectivity index (χ1) is 11.4. The van der Waals surface area contributed by atoms with Crippen molar-refractivity contribution in [2.24, 2.45) is 0 Å². The summed E-state index contributed by atoms with van der Waals surface area (Å²) < 4.78 is 34.0. The molecule has 0 aliphatic heterocycles. The highest BCUT2D eigenvalue weighted by Crippen LogP contribution is 2.28. The summed E-state index contributed by atoms with van der Waals surface area (Å²) in [4.78, 5) is 0. The monoisotopic (exact) mass is 347 g/mol. The lowest BCUT2D eigenvalue weighted by molar-refractivity contribution is 0.384. The lowest BCUT2D eigenvalue weighted by atomic mass is 10.0. The van der Waals surface area contributed by atoms with Crippen LogP contribution in [0.5, 0.6) is 5.75 Å². The van der Waals surface area contributed by atoms with Gasteiger partial charge in [0.1, 0.15) is 5.75 Å². The Balaban J connectivity index is 2.29. The van der Waals surface area contributed by atoms with Gasteiger partial charge in [-0.15, -0.1) is 0 Å². The quantitative estimate of drug-likeness (QED) is 0.834. The van der Waals surface area contributed by atoms with Crippen LogP contribution in [0.15, 0.2) is 36.4 Å². The van der Waals surface area contributed by atoms with Gasteiger partial charge in [0, 0.05) is 25.2 Å². The molecule has 0 fully saturated rings. The van der Waals surface area contributed by atoms with Crippen LogP contribution in [0, 0.1) is 11.3 Å². The molecule has 1 N–H and O–H groups in total. The summed E-state index contributed by atoms with van der Waals surface area (Å²) in [6.45, 7) is 1.80. The molecule has 0 bridgehead atoms. The summed E-state index contributed by atoms with van der Waals surface area (Å²) in [6.07, 6.45) is 0.134. The normalized spacial score (nSPS) is 13.0. The van der Waals surface area contributed by atoms with Crippen LogP contribution in [-0.2, 0) is 16.8 Å². The maximum Gasteiger partial charge on any atom is 0.279 e. The van der Waals surface area contributed by atoms with Gasteiger partial charge in [-0.05, 0) is 23.8 Å². The van der Waals surface area contributed by atoms with E-state index in [0.29, 0.717) is 5.75 Å². The van der Waals surface area contributed by atoms with Crippen LogP contribution in [0.2, 0.25) is 0 Å². The first kappa shape index (κ1) is 18.2. The first-order valence-corrected chi connectivity index (χ1v) is 8.99. The SMILES string of the molecule is COc1ccc2ccccc2c1CNS(=O)(=O)N(C)[C@H](C)CC#N. The third kappa shape index (κ3) is 3.85. The molecule has 0 saturated heterocycles. The Bertz CT molecular complexity index is 859. The minimum atomic E-state index is -3.70. The zero-order valence-electron chi connectivity index (χ0n) is 14.0. The van der Waals surface area contributed by atoms with E-state index >= 15 is 0 Å². The Morgan fingerprint density at radius 3 is 2.67 bits per heavy atom. The molecule has 0 unspecified atom stereocenters. The van der Waals surface area contributed by atoms with E-state index in [2.05, 4.69) is 4.72 Å². The van der Waals surface area contributed by atoms with Crippen molar-refractivity contribution in [3.05, 3.63) is 42.0 Å². The summed E-state index contributed by atoms with van der Waals surface area (Å²) in [5.41, 5.74) is 0.778. The predicted octanol–water partition coefficient (Wildman–Crippen LogP) is 2.42. The fraction of sp³-hybridized carbons (Fsp3) is 0.353. The number of fused-ring (bicyclic) bond motifs is 1. The number of nitriles is 1. The number of nitrogens with one attached hydrogen (secondary N) is 1. The number of benzene rings is 2. The van der Waals surface area contributed by atoms with Crippen LogP contribution in [-0.4, -0.2) is 32.9 Å². The Morgan fingerprint density at radius 1 is 1.29 bits per heavy atom. The third-order valence-corrected chi connectivity index (χ3v) is 5.66. The van der Waals surface area contributed by atoms with Gasteiger partial charge in [0.05, 0.1) is 19.6 Å². The van der Waals surface area contributed by atoms with E-state index in [1.54, 1.807) is 14.0 Å². The zero-order valence-corrected chi connectivity index (χ0v) is 14.8. The van der Waals surface area contributed by atoms with Crippen molar-refractivity contribution in [3.63, 3.8) is 0 Å². The average Bonchev–Trinajstić information content (AvgIpc) is 2.58. The van der Waals surface area contributed by atoms with Gasteiger partial charge in [0.15, 0.2) is 0 Å². The highest BCUT2D eigenvalue weighted by Gasteiger charge is 2.23. The van der Waals surface area contributed by atoms with E-state index in [1.165, 1.54) is 11.4 Å². The number of rotatable bonds is 7. The molecule has 0 saturated carbocycles. The number of hydrogen-bond acceptors (Lipinski definition) is 4. The molecule has 2 aromatic carbocycles. The Kier molecular flexibility index (Phi) is 5.78. The van der Waals surface area contributed by atoms with E-state index < -0.39 is 16.3 Å². The molecule has 0 radical (unpaired) electrons. The molecule has 6 nitrogen and oxygen atoms in total. The highest BCUT2D eigenvalue weighted by molar-refractivity contribution is 7.87. The van der Waals surface area contributed by atoms with Gasteiger partial charge in [0.2, 0.25) is 0 Å². The second-order valence-corrected chi connectivity index (χ2v) is 7.34. The number of methoxy groups -OCH3 is 1. The molecular weight excluding hydrogens is 326 g/mol. The molecule has 0 heterocycles. The molecule has 24 heavy (non-hydrogen) atoms. The minimum Gasteiger partial charge on any atom is -0.496 e. The molecule has 0 amide bonds. The first-order valence-electron chi connectivity index (χ1n) is 7.55. The van der Waals surface area contributed by atoms with E-state index in [-0.39, 0.29) is 13.0 Å². The van der Waals surface area contributed by atoms with Crippen LogP contribution in [0.25, 0.3) is 10.8 Å². The lowest BCUT2D eigenvalue weighted by Gasteiger charge is -2.23. The van der Waals surface area contributed by atoms with Gasteiger partial charge >= 0.3 is 0 Å². The maximum atomic E-state index is 12.4. The second kappa shape index (κ2) is 7.62. The lowest BCUT2D eigenvalue weighted by Crippen LogP contribution is -2.42.